The van der Waals surface area contributed by atoms with Gasteiger partial charge in [0.2, 0.25) is 5.91 Å². The first-order chi connectivity index (χ1) is 20.3. The number of nitrogens with one attached hydrogen (secondary N) is 2. The van der Waals surface area contributed by atoms with E-state index in [9.17, 15) is 14.9 Å². The van der Waals surface area contributed by atoms with Crippen molar-refractivity contribution >= 4 is 40.8 Å². The Kier molecular flexibility index (Phi) is 9.36. The number of hydrogen-bond acceptors (Lipinski definition) is 6. The quantitative estimate of drug-likeness (QED) is 0.272. The Hall–Kier alpha value is -3.71. The molecule has 3 aromatic rings. The lowest BCUT2D eigenvalue weighted by atomic mass is 9.62. The van der Waals surface area contributed by atoms with Crippen molar-refractivity contribution in [1.29, 1.82) is 5.26 Å². The molecule has 1 fully saturated rings. The standard InChI is InChI=1S/C32H31Cl2F2N3O4/c1-31(2,3)15-25-32(16-37,20-11-10-18(33)14-22(20)35)26(19-7-6-8-21(34)27(19)36)28(39-25)29(40)38-23-12-9-17(30(41)43-5)13-24(23)42-4/h6-14,25-26,28,39H,15H2,1-5H3,(H,38,40)/t25-,26-,28+,32-/m1/s1. The zero-order valence-corrected chi connectivity index (χ0v) is 25.7. The average Bonchev–Trinajstić information content (AvgIpc) is 3.27. The fourth-order valence-electron chi connectivity index (χ4n) is 5.81. The number of anilines is 1. The molecular weight excluding hydrogens is 599 g/mol. The van der Waals surface area contributed by atoms with Gasteiger partial charge in [0.05, 0.1) is 42.6 Å². The molecule has 4 atom stereocenters. The number of methoxy groups -OCH3 is 2. The fraction of sp³-hybridized carbons (Fsp3) is 0.344. The first kappa shape index (κ1) is 32.2. The second kappa shape index (κ2) is 12.5. The third kappa shape index (κ3) is 6.19. The van der Waals surface area contributed by atoms with Crippen LogP contribution in [-0.2, 0) is 14.9 Å². The van der Waals surface area contributed by atoms with E-state index in [-0.39, 0.29) is 38.2 Å². The SMILES string of the molecule is COC(=O)c1ccc(NC(=O)[C@H]2N[C@H](CC(C)(C)C)[C@@](C#N)(c3ccc(Cl)cc3F)[C@@H]2c2cccc(Cl)c2F)c(OC)c1. The summed E-state index contributed by atoms with van der Waals surface area (Å²) in [5, 5.41) is 16.9. The third-order valence-corrected chi connectivity index (χ3v) is 8.14. The second-order valence-electron chi connectivity index (χ2n) is 11.6. The number of esters is 1. The summed E-state index contributed by atoms with van der Waals surface area (Å²) in [4.78, 5) is 26.2. The number of hydrogen-bond donors (Lipinski definition) is 2. The smallest absolute Gasteiger partial charge is 0.337 e. The van der Waals surface area contributed by atoms with Gasteiger partial charge in [-0.25, -0.2) is 13.6 Å². The van der Waals surface area contributed by atoms with Crippen molar-refractivity contribution in [3.05, 3.63) is 93.0 Å². The molecule has 1 aliphatic heterocycles. The highest BCUT2D eigenvalue weighted by Gasteiger charge is 2.61. The lowest BCUT2D eigenvalue weighted by Gasteiger charge is -2.37. The predicted octanol–water partition coefficient (Wildman–Crippen LogP) is 7.03. The lowest BCUT2D eigenvalue weighted by Crippen LogP contribution is -2.45. The summed E-state index contributed by atoms with van der Waals surface area (Å²) in [6.45, 7) is 5.85. The number of ether oxygens (including phenoxy) is 2. The molecule has 1 saturated heterocycles. The van der Waals surface area contributed by atoms with Crippen molar-refractivity contribution in [2.45, 2.75) is 50.6 Å². The van der Waals surface area contributed by atoms with Gasteiger partial charge in [-0.15, -0.1) is 0 Å². The Balaban J connectivity index is 1.93. The van der Waals surface area contributed by atoms with Crippen LogP contribution >= 0.6 is 23.2 Å². The summed E-state index contributed by atoms with van der Waals surface area (Å²) < 4.78 is 41.8. The van der Waals surface area contributed by atoms with Gasteiger partial charge in [0.25, 0.3) is 0 Å². The second-order valence-corrected chi connectivity index (χ2v) is 12.4. The van der Waals surface area contributed by atoms with Crippen molar-refractivity contribution in [1.82, 2.24) is 5.32 Å². The highest BCUT2D eigenvalue weighted by atomic mass is 35.5. The molecule has 1 heterocycles. The number of nitrogens with zero attached hydrogens (tertiary/aromatic N) is 1. The highest BCUT2D eigenvalue weighted by Crippen LogP contribution is 2.53. The van der Waals surface area contributed by atoms with E-state index in [1.165, 1.54) is 62.8 Å². The Bertz CT molecular complexity index is 1600. The van der Waals surface area contributed by atoms with Crippen LogP contribution in [0.15, 0.2) is 54.6 Å². The van der Waals surface area contributed by atoms with Crippen molar-refractivity contribution in [3.8, 4) is 11.8 Å². The molecule has 7 nitrogen and oxygen atoms in total. The first-order valence-electron chi connectivity index (χ1n) is 13.4. The zero-order valence-electron chi connectivity index (χ0n) is 24.2. The van der Waals surface area contributed by atoms with Crippen LogP contribution in [-0.4, -0.2) is 38.2 Å². The molecule has 4 rings (SSSR count). The Morgan fingerprint density at radius 1 is 1.09 bits per heavy atom. The number of nitriles is 1. The van der Waals surface area contributed by atoms with Gasteiger partial charge in [0, 0.05) is 22.5 Å². The maximum Gasteiger partial charge on any atom is 0.337 e. The van der Waals surface area contributed by atoms with E-state index in [2.05, 4.69) is 16.7 Å². The number of carbonyl (C=O) groups is 2. The Morgan fingerprint density at radius 2 is 1.81 bits per heavy atom. The summed E-state index contributed by atoms with van der Waals surface area (Å²) in [6.07, 6.45) is 0.322. The van der Waals surface area contributed by atoms with E-state index in [4.69, 9.17) is 32.7 Å². The molecule has 0 radical (unpaired) electrons. The van der Waals surface area contributed by atoms with E-state index in [0.717, 1.165) is 6.07 Å². The van der Waals surface area contributed by atoms with Crippen LogP contribution in [0.2, 0.25) is 10.0 Å². The lowest BCUT2D eigenvalue weighted by molar-refractivity contribution is -0.118. The maximum atomic E-state index is 15.8. The van der Waals surface area contributed by atoms with Crippen LogP contribution < -0.4 is 15.4 Å². The third-order valence-electron chi connectivity index (χ3n) is 7.61. The van der Waals surface area contributed by atoms with Gasteiger partial charge in [-0.05, 0) is 53.8 Å². The molecular formula is C32H31Cl2F2N3O4. The molecule has 0 saturated carbocycles. The summed E-state index contributed by atoms with van der Waals surface area (Å²) in [6, 6.07) is 12.9. The Labute approximate surface area is 259 Å². The largest absolute Gasteiger partial charge is 0.495 e. The molecule has 0 aliphatic carbocycles. The minimum atomic E-state index is -1.77. The van der Waals surface area contributed by atoms with Crippen molar-refractivity contribution in [2.24, 2.45) is 5.41 Å². The summed E-state index contributed by atoms with van der Waals surface area (Å²) >= 11 is 12.3. The van der Waals surface area contributed by atoms with Crippen LogP contribution in [0.5, 0.6) is 5.75 Å². The molecule has 0 aromatic heterocycles. The van der Waals surface area contributed by atoms with Crippen LogP contribution in [0.25, 0.3) is 0 Å². The molecule has 1 aliphatic rings. The van der Waals surface area contributed by atoms with Crippen LogP contribution in [0.4, 0.5) is 14.5 Å². The van der Waals surface area contributed by atoms with Gasteiger partial charge in [-0.1, -0.05) is 62.2 Å². The van der Waals surface area contributed by atoms with Crippen molar-refractivity contribution < 1.29 is 27.8 Å². The Morgan fingerprint density at radius 3 is 2.42 bits per heavy atom. The number of benzene rings is 3. The molecule has 0 spiro atoms. The summed E-state index contributed by atoms with van der Waals surface area (Å²) in [5.41, 5.74) is -1.80. The molecule has 11 heteroatoms. The van der Waals surface area contributed by atoms with E-state index >= 15 is 8.78 Å². The van der Waals surface area contributed by atoms with Gasteiger partial charge < -0.3 is 20.1 Å². The molecule has 43 heavy (non-hydrogen) atoms. The maximum absolute atomic E-state index is 15.8. The van der Waals surface area contributed by atoms with Gasteiger partial charge in [0.1, 0.15) is 22.8 Å². The van der Waals surface area contributed by atoms with Crippen molar-refractivity contribution in [3.63, 3.8) is 0 Å². The highest BCUT2D eigenvalue weighted by molar-refractivity contribution is 6.31. The average molecular weight is 631 g/mol. The fourth-order valence-corrected chi connectivity index (χ4v) is 6.15. The van der Waals surface area contributed by atoms with E-state index < -0.39 is 52.3 Å². The predicted molar refractivity (Wildman–Crippen MR) is 161 cm³/mol. The van der Waals surface area contributed by atoms with Crippen molar-refractivity contribution in [2.75, 3.05) is 19.5 Å². The molecule has 3 aromatic carbocycles. The van der Waals surface area contributed by atoms with Gasteiger partial charge >= 0.3 is 5.97 Å². The van der Waals surface area contributed by atoms with Crippen LogP contribution in [0, 0.1) is 28.4 Å². The van der Waals surface area contributed by atoms with Crippen LogP contribution in [0.3, 0.4) is 0 Å². The molecule has 2 N–H and O–H groups in total. The summed E-state index contributed by atoms with van der Waals surface area (Å²) in [7, 11) is 2.61. The van der Waals surface area contributed by atoms with Gasteiger partial charge in [0.15, 0.2) is 0 Å². The summed E-state index contributed by atoms with van der Waals surface area (Å²) in [5.74, 6) is -3.89. The topological polar surface area (TPSA) is 100 Å². The van der Waals surface area contributed by atoms with E-state index in [0.29, 0.717) is 6.42 Å². The molecule has 0 bridgehead atoms. The monoisotopic (exact) mass is 629 g/mol. The van der Waals surface area contributed by atoms with Gasteiger partial charge in [-0.3, -0.25) is 4.79 Å². The number of rotatable bonds is 7. The minimum Gasteiger partial charge on any atom is -0.495 e. The van der Waals surface area contributed by atoms with E-state index in [1.807, 2.05) is 20.8 Å². The van der Waals surface area contributed by atoms with E-state index in [1.54, 1.807) is 0 Å². The zero-order chi connectivity index (χ0) is 31.7. The number of carbonyl (C=O) groups excluding carboxylic acids is 2. The van der Waals surface area contributed by atoms with Gasteiger partial charge in [-0.2, -0.15) is 5.26 Å². The number of halogens is 4. The molecule has 1 amide bonds. The molecule has 0 unspecified atom stereocenters. The number of amides is 1. The molecule has 226 valence electrons. The minimum absolute atomic E-state index is 0.0270. The normalized spacial score (nSPS) is 21.6. The first-order valence-corrected chi connectivity index (χ1v) is 14.2. The van der Waals surface area contributed by atoms with Crippen LogP contribution in [0.1, 0.15) is 54.6 Å².